The van der Waals surface area contributed by atoms with Crippen LogP contribution in [0.5, 0.6) is 0 Å². The van der Waals surface area contributed by atoms with E-state index >= 15 is 0 Å². The molecule has 74 valence electrons. The zero-order chi connectivity index (χ0) is 10.8. The minimum Gasteiger partial charge on any atom is -0.216 e. The number of hydrogen-bond acceptors (Lipinski definition) is 2. The van der Waals surface area contributed by atoms with E-state index in [4.69, 9.17) is 0 Å². The lowest BCUT2D eigenvalue weighted by Gasteiger charge is -1.94. The van der Waals surface area contributed by atoms with Gasteiger partial charge in [-0.1, -0.05) is 31.9 Å². The van der Waals surface area contributed by atoms with Crippen molar-refractivity contribution in [3.63, 3.8) is 0 Å². The van der Waals surface area contributed by atoms with Crippen molar-refractivity contribution in [1.29, 1.82) is 0 Å². The maximum absolute atomic E-state index is 10.8. The first kappa shape index (κ1) is 11.8. The van der Waals surface area contributed by atoms with Gasteiger partial charge in [-0.15, -0.1) is 0 Å². The number of sulfone groups is 1. The second-order valence-corrected chi connectivity index (χ2v) is 6.24. The number of hydrogen-bond donors (Lipinski definition) is 0. The van der Waals surface area contributed by atoms with E-state index in [0.717, 1.165) is 15.2 Å². The van der Waals surface area contributed by atoms with E-state index in [1.54, 1.807) is 12.1 Å². The van der Waals surface area contributed by atoms with E-state index < -0.39 is 9.84 Å². The second kappa shape index (κ2) is 4.47. The first-order valence-electron chi connectivity index (χ1n) is 3.56. The van der Waals surface area contributed by atoms with Crippen LogP contribution in [0.3, 0.4) is 0 Å². The molecule has 0 atom stereocenters. The Morgan fingerprint density at radius 2 is 1.64 bits per heavy atom. The maximum Gasteiger partial charge on any atom is 0.214 e. The summed E-state index contributed by atoms with van der Waals surface area (Å²) < 4.78 is 23.3. The number of halogens is 2. The smallest absolute Gasteiger partial charge is 0.214 e. The molecule has 0 amide bonds. The fourth-order valence-corrected chi connectivity index (χ4v) is 2.37. The van der Waals surface area contributed by atoms with Gasteiger partial charge in [0, 0.05) is 19.8 Å². The first-order chi connectivity index (χ1) is 6.37. The SMILES string of the molecule is CS(=O)(=O)C#Cc1cc(Br)cc(Br)c1. The van der Waals surface area contributed by atoms with Crippen LogP contribution in [0.15, 0.2) is 27.1 Å². The van der Waals surface area contributed by atoms with Crippen molar-refractivity contribution in [2.24, 2.45) is 0 Å². The lowest BCUT2D eigenvalue weighted by atomic mass is 10.2. The topological polar surface area (TPSA) is 34.1 Å². The standard InChI is InChI=1S/C9H6Br2O2S/c1-14(12,13)3-2-7-4-8(10)6-9(11)5-7/h4-6H,1H3. The quantitative estimate of drug-likeness (QED) is 0.682. The molecule has 0 radical (unpaired) electrons. The Bertz CT molecular complexity index is 489. The number of rotatable bonds is 0. The zero-order valence-corrected chi connectivity index (χ0v) is 11.2. The van der Waals surface area contributed by atoms with Crippen molar-refractivity contribution in [1.82, 2.24) is 0 Å². The molecule has 0 N–H and O–H groups in total. The fraction of sp³-hybridized carbons (Fsp3) is 0.111. The summed E-state index contributed by atoms with van der Waals surface area (Å²) in [5, 5.41) is 2.17. The van der Waals surface area contributed by atoms with E-state index in [9.17, 15) is 8.42 Å². The van der Waals surface area contributed by atoms with E-state index in [-0.39, 0.29) is 0 Å². The molecule has 0 spiro atoms. The molecule has 0 aliphatic carbocycles. The predicted octanol–water partition coefficient (Wildman–Crippen LogP) is 2.57. The van der Waals surface area contributed by atoms with Crippen LogP contribution in [0.2, 0.25) is 0 Å². The number of benzene rings is 1. The van der Waals surface area contributed by atoms with Gasteiger partial charge in [-0.25, -0.2) is 8.42 Å². The summed E-state index contributed by atoms with van der Waals surface area (Å²) in [5.41, 5.74) is 0.650. The highest BCUT2D eigenvalue weighted by Crippen LogP contribution is 2.19. The van der Waals surface area contributed by atoms with Gasteiger partial charge in [0.1, 0.15) is 0 Å². The molecule has 0 aromatic heterocycles. The Morgan fingerprint density at radius 1 is 1.14 bits per heavy atom. The summed E-state index contributed by atoms with van der Waals surface area (Å²) in [6.45, 7) is 0. The first-order valence-corrected chi connectivity index (χ1v) is 7.03. The van der Waals surface area contributed by atoms with Gasteiger partial charge >= 0.3 is 0 Å². The molecule has 0 fully saturated rings. The molecule has 5 heteroatoms. The lowest BCUT2D eigenvalue weighted by Crippen LogP contribution is -1.89. The van der Waals surface area contributed by atoms with E-state index in [1.807, 2.05) is 6.07 Å². The van der Waals surface area contributed by atoms with Crippen LogP contribution in [0, 0.1) is 11.2 Å². The van der Waals surface area contributed by atoms with Crippen LogP contribution in [-0.2, 0) is 9.84 Å². The van der Waals surface area contributed by atoms with Crippen LogP contribution >= 0.6 is 31.9 Å². The Hall–Kier alpha value is -0.310. The normalized spacial score (nSPS) is 10.5. The minimum atomic E-state index is -3.24. The average Bonchev–Trinajstić information content (AvgIpc) is 1.97. The van der Waals surface area contributed by atoms with E-state index in [0.29, 0.717) is 5.56 Å². The maximum atomic E-state index is 10.8. The summed E-state index contributed by atoms with van der Waals surface area (Å²) >= 11 is 6.57. The monoisotopic (exact) mass is 336 g/mol. The molecular weight excluding hydrogens is 332 g/mol. The van der Waals surface area contributed by atoms with Gasteiger partial charge in [-0.2, -0.15) is 0 Å². The predicted molar refractivity (Wildman–Crippen MR) is 63.6 cm³/mol. The third-order valence-electron chi connectivity index (χ3n) is 1.24. The molecule has 0 aliphatic heterocycles. The van der Waals surface area contributed by atoms with Crippen molar-refractivity contribution in [2.75, 3.05) is 6.26 Å². The van der Waals surface area contributed by atoms with Crippen molar-refractivity contribution >= 4 is 41.7 Å². The molecule has 0 saturated carbocycles. The van der Waals surface area contributed by atoms with Crippen molar-refractivity contribution < 1.29 is 8.42 Å². The molecule has 0 unspecified atom stereocenters. The molecule has 0 heterocycles. The van der Waals surface area contributed by atoms with Crippen LogP contribution in [0.4, 0.5) is 0 Å². The molecule has 1 aromatic rings. The van der Waals surface area contributed by atoms with Crippen LogP contribution in [-0.4, -0.2) is 14.7 Å². The van der Waals surface area contributed by atoms with E-state index in [2.05, 4.69) is 43.0 Å². The molecular formula is C9H6Br2O2S. The summed E-state index contributed by atoms with van der Waals surface area (Å²) in [7, 11) is -3.24. The van der Waals surface area contributed by atoms with Gasteiger partial charge in [0.25, 0.3) is 0 Å². The Balaban J connectivity index is 3.14. The Labute approximate surface area is 99.9 Å². The highest BCUT2D eigenvalue weighted by Gasteiger charge is 1.96. The Kier molecular flexibility index (Phi) is 3.76. The molecule has 1 rings (SSSR count). The van der Waals surface area contributed by atoms with Gasteiger partial charge in [0.2, 0.25) is 9.84 Å². The Morgan fingerprint density at radius 3 is 2.07 bits per heavy atom. The molecule has 2 nitrogen and oxygen atoms in total. The lowest BCUT2D eigenvalue weighted by molar-refractivity contribution is 0.611. The molecule has 0 bridgehead atoms. The highest BCUT2D eigenvalue weighted by molar-refractivity contribution is 9.11. The van der Waals surface area contributed by atoms with Gasteiger partial charge < -0.3 is 0 Å². The van der Waals surface area contributed by atoms with Gasteiger partial charge in [0.05, 0.1) is 6.26 Å². The third kappa shape index (κ3) is 4.27. The molecule has 0 aliphatic rings. The average molecular weight is 338 g/mol. The van der Waals surface area contributed by atoms with Gasteiger partial charge in [0.15, 0.2) is 0 Å². The zero-order valence-electron chi connectivity index (χ0n) is 7.21. The summed E-state index contributed by atoms with van der Waals surface area (Å²) in [5.74, 6) is 2.57. The second-order valence-electron chi connectivity index (χ2n) is 2.66. The van der Waals surface area contributed by atoms with Crippen molar-refractivity contribution in [3.05, 3.63) is 32.7 Å². The van der Waals surface area contributed by atoms with Gasteiger partial charge in [-0.05, 0) is 24.1 Å². The van der Waals surface area contributed by atoms with Crippen LogP contribution < -0.4 is 0 Å². The van der Waals surface area contributed by atoms with E-state index in [1.165, 1.54) is 0 Å². The minimum absolute atomic E-state index is 0.650. The summed E-state index contributed by atoms with van der Waals surface area (Å²) in [6, 6.07) is 5.36. The van der Waals surface area contributed by atoms with Crippen LogP contribution in [0.25, 0.3) is 0 Å². The van der Waals surface area contributed by atoms with Crippen molar-refractivity contribution in [3.8, 4) is 11.2 Å². The van der Waals surface area contributed by atoms with Crippen molar-refractivity contribution in [2.45, 2.75) is 0 Å². The molecule has 1 aromatic carbocycles. The fourth-order valence-electron chi connectivity index (χ4n) is 0.778. The largest absolute Gasteiger partial charge is 0.216 e. The summed E-state index contributed by atoms with van der Waals surface area (Å²) in [4.78, 5) is 0. The highest BCUT2D eigenvalue weighted by atomic mass is 79.9. The van der Waals surface area contributed by atoms with Gasteiger partial charge in [-0.3, -0.25) is 0 Å². The third-order valence-corrected chi connectivity index (χ3v) is 2.63. The molecule has 14 heavy (non-hydrogen) atoms. The van der Waals surface area contributed by atoms with Crippen LogP contribution in [0.1, 0.15) is 5.56 Å². The summed E-state index contributed by atoms with van der Waals surface area (Å²) in [6.07, 6.45) is 1.08. The molecule has 0 saturated heterocycles.